The van der Waals surface area contributed by atoms with E-state index in [9.17, 15) is 14.7 Å². The number of para-hydroxylation sites is 2. The van der Waals surface area contributed by atoms with E-state index in [-0.39, 0.29) is 11.4 Å². The highest BCUT2D eigenvalue weighted by molar-refractivity contribution is 8.03. The van der Waals surface area contributed by atoms with E-state index in [1.54, 1.807) is 23.1 Å². The maximum absolute atomic E-state index is 13.5. The summed E-state index contributed by atoms with van der Waals surface area (Å²) >= 11 is 3.45. The van der Waals surface area contributed by atoms with Crippen LogP contribution in [-0.4, -0.2) is 20.8 Å². The van der Waals surface area contributed by atoms with Crippen LogP contribution in [0.3, 0.4) is 0 Å². The fraction of sp³-hybridized carbons (Fsp3) is 0.242. The molecule has 2 aliphatic rings. The molecule has 0 unspecified atom stereocenters. The van der Waals surface area contributed by atoms with Crippen molar-refractivity contribution in [3.8, 4) is 5.88 Å². The molecule has 9 heteroatoms. The van der Waals surface area contributed by atoms with Crippen molar-refractivity contribution in [2.75, 3.05) is 11.4 Å². The van der Waals surface area contributed by atoms with Gasteiger partial charge in [0.05, 0.1) is 10.7 Å². The van der Waals surface area contributed by atoms with Gasteiger partial charge in [-0.3, -0.25) is 13.9 Å². The van der Waals surface area contributed by atoms with Crippen LogP contribution in [0.15, 0.2) is 97.4 Å². The molecule has 2 aromatic heterocycles. The van der Waals surface area contributed by atoms with E-state index in [4.69, 9.17) is 0 Å². The van der Waals surface area contributed by atoms with Crippen LogP contribution in [-0.2, 0) is 20.6 Å². The van der Waals surface area contributed by atoms with Crippen LogP contribution in [0.4, 0.5) is 5.69 Å². The zero-order valence-corrected chi connectivity index (χ0v) is 25.8. The standard InChI is InChI=1S/C33H32N4O3S2/c1-5-36-23-11-7-9-13-25(23)41-27(36)19-17-21-15-16-22(29(21)30-31(38)34(3)33(40)35(4)32(30)39)18-20-28-37(6-2)24-12-8-10-14-26(24)42-28/h7-14,17-20H,5-6,15-16H2,1-4H3/p+1. The maximum Gasteiger partial charge on any atom is 0.333 e. The number of anilines is 1. The first-order chi connectivity index (χ1) is 20.3. The minimum atomic E-state index is -0.558. The Morgan fingerprint density at radius 3 is 2.50 bits per heavy atom. The smallest absolute Gasteiger partial charge is 0.333 e. The first-order valence-electron chi connectivity index (χ1n) is 14.1. The first kappa shape index (κ1) is 28.1. The molecule has 0 saturated heterocycles. The lowest BCUT2D eigenvalue weighted by Crippen LogP contribution is -2.38. The summed E-state index contributed by atoms with van der Waals surface area (Å²) in [5, 5.41) is 13.4. The molecule has 4 aromatic rings. The second-order valence-corrected chi connectivity index (χ2v) is 12.4. The first-order valence-corrected chi connectivity index (χ1v) is 15.7. The molecule has 1 N–H and O–H groups in total. The molecule has 1 aliphatic carbocycles. The molecule has 42 heavy (non-hydrogen) atoms. The van der Waals surface area contributed by atoms with Gasteiger partial charge in [-0.2, -0.15) is 4.57 Å². The number of aromatic hydroxyl groups is 1. The Morgan fingerprint density at radius 1 is 0.952 bits per heavy atom. The summed E-state index contributed by atoms with van der Waals surface area (Å²) in [5.74, 6) is -0.312. The molecular formula is C33H33N4O3S2+. The second-order valence-electron chi connectivity index (χ2n) is 10.3. The number of fused-ring (bicyclic) bond motifs is 2. The monoisotopic (exact) mass is 597 g/mol. The second kappa shape index (κ2) is 11.3. The normalized spacial score (nSPS) is 17.1. The number of hydrogen-bond donors (Lipinski definition) is 1. The van der Waals surface area contributed by atoms with Gasteiger partial charge in [0.25, 0.3) is 10.6 Å². The van der Waals surface area contributed by atoms with Gasteiger partial charge in [0, 0.05) is 37.7 Å². The van der Waals surface area contributed by atoms with Crippen LogP contribution in [0.2, 0.25) is 0 Å². The number of benzene rings is 2. The van der Waals surface area contributed by atoms with Crippen molar-refractivity contribution in [3.63, 3.8) is 0 Å². The van der Waals surface area contributed by atoms with Crippen LogP contribution in [0.25, 0.3) is 21.9 Å². The molecule has 2 aromatic carbocycles. The number of rotatable bonds is 6. The minimum absolute atomic E-state index is 0.163. The topological polar surface area (TPSA) is 71.3 Å². The third-order valence-corrected chi connectivity index (χ3v) is 10.2. The van der Waals surface area contributed by atoms with Crippen molar-refractivity contribution >= 4 is 50.7 Å². The highest BCUT2D eigenvalue weighted by Gasteiger charge is 2.28. The van der Waals surface area contributed by atoms with Crippen LogP contribution in [0.5, 0.6) is 5.88 Å². The maximum atomic E-state index is 13.5. The molecule has 6 rings (SSSR count). The van der Waals surface area contributed by atoms with Crippen LogP contribution in [0, 0.1) is 0 Å². The summed E-state index contributed by atoms with van der Waals surface area (Å²) < 4.78 is 5.70. The van der Waals surface area contributed by atoms with E-state index in [1.807, 2.05) is 0 Å². The van der Waals surface area contributed by atoms with E-state index in [1.165, 1.54) is 34.9 Å². The van der Waals surface area contributed by atoms with E-state index in [0.717, 1.165) is 43.4 Å². The van der Waals surface area contributed by atoms with Crippen molar-refractivity contribution < 1.29 is 9.67 Å². The molecule has 0 radical (unpaired) electrons. The molecular weight excluding hydrogens is 565 g/mol. The van der Waals surface area contributed by atoms with E-state index in [0.29, 0.717) is 18.4 Å². The van der Waals surface area contributed by atoms with Gasteiger partial charge in [-0.25, -0.2) is 4.79 Å². The molecule has 1 aliphatic heterocycles. The van der Waals surface area contributed by atoms with Gasteiger partial charge < -0.3 is 10.0 Å². The molecule has 0 amide bonds. The number of thiazole rings is 1. The van der Waals surface area contributed by atoms with Crippen LogP contribution < -0.4 is 20.7 Å². The fourth-order valence-corrected chi connectivity index (χ4v) is 8.04. The Hall–Kier alpha value is -4.08. The number of nitrogens with zero attached hydrogens (tertiary/aromatic N) is 4. The van der Waals surface area contributed by atoms with E-state index < -0.39 is 11.2 Å². The van der Waals surface area contributed by atoms with Crippen molar-refractivity contribution in [2.24, 2.45) is 14.1 Å². The SMILES string of the molecule is CCN1C(=CC=C2CCC(C=Cc3sc4ccccc4[n+]3CC)=C2c2c(O)n(C)c(=O)n(C)c2=O)Sc2ccccc21. The molecule has 0 atom stereocenters. The van der Waals surface area contributed by atoms with Crippen molar-refractivity contribution in [3.05, 3.63) is 114 Å². The van der Waals surface area contributed by atoms with Gasteiger partial charge in [0.1, 0.15) is 16.8 Å². The summed E-state index contributed by atoms with van der Waals surface area (Å²) in [6, 6.07) is 16.7. The van der Waals surface area contributed by atoms with Crippen LogP contribution in [0.1, 0.15) is 37.3 Å². The molecule has 0 saturated carbocycles. The van der Waals surface area contributed by atoms with Gasteiger partial charge in [0.15, 0.2) is 0 Å². The molecule has 7 nitrogen and oxygen atoms in total. The summed E-state index contributed by atoms with van der Waals surface area (Å²) in [6.45, 7) is 5.95. The average Bonchev–Trinajstić information content (AvgIpc) is 3.69. The van der Waals surface area contributed by atoms with Gasteiger partial charge in [-0.1, -0.05) is 59.5 Å². The molecule has 214 valence electrons. The molecule has 0 spiro atoms. The Morgan fingerprint density at radius 2 is 1.71 bits per heavy atom. The Kier molecular flexibility index (Phi) is 7.55. The predicted molar refractivity (Wildman–Crippen MR) is 173 cm³/mol. The minimum Gasteiger partial charge on any atom is -0.494 e. The molecule has 3 heterocycles. The number of aromatic nitrogens is 3. The summed E-state index contributed by atoms with van der Waals surface area (Å²) in [5.41, 5.74) is 4.11. The van der Waals surface area contributed by atoms with Crippen molar-refractivity contribution in [1.29, 1.82) is 0 Å². The third-order valence-electron chi connectivity index (χ3n) is 7.95. The highest BCUT2D eigenvalue weighted by Crippen LogP contribution is 2.46. The Balaban J connectivity index is 1.50. The lowest BCUT2D eigenvalue weighted by atomic mass is 9.99. The van der Waals surface area contributed by atoms with Crippen molar-refractivity contribution in [2.45, 2.75) is 38.1 Å². The lowest BCUT2D eigenvalue weighted by molar-refractivity contribution is -0.665. The van der Waals surface area contributed by atoms with Gasteiger partial charge >= 0.3 is 5.69 Å². The number of thioether (sulfide) groups is 1. The third kappa shape index (κ3) is 4.66. The zero-order chi connectivity index (χ0) is 29.5. The predicted octanol–water partition coefficient (Wildman–Crippen LogP) is 5.97. The van der Waals surface area contributed by atoms with Crippen LogP contribution >= 0.6 is 23.1 Å². The quantitative estimate of drug-likeness (QED) is 0.277. The summed E-state index contributed by atoms with van der Waals surface area (Å²) in [6.07, 6.45) is 9.79. The van der Waals surface area contributed by atoms with Gasteiger partial charge in [0.2, 0.25) is 11.4 Å². The summed E-state index contributed by atoms with van der Waals surface area (Å²) in [4.78, 5) is 29.6. The van der Waals surface area contributed by atoms with E-state index in [2.05, 4.69) is 96.1 Å². The zero-order valence-electron chi connectivity index (χ0n) is 24.1. The summed E-state index contributed by atoms with van der Waals surface area (Å²) in [7, 11) is 2.95. The van der Waals surface area contributed by atoms with Gasteiger partial charge in [-0.05, 0) is 67.7 Å². The average molecular weight is 598 g/mol. The lowest BCUT2D eigenvalue weighted by Gasteiger charge is -2.17. The fourth-order valence-electron chi connectivity index (χ4n) is 5.78. The molecule has 0 bridgehead atoms. The number of allylic oxidation sites excluding steroid dienone is 6. The Bertz CT molecular complexity index is 1970. The highest BCUT2D eigenvalue weighted by atomic mass is 32.2. The largest absolute Gasteiger partial charge is 0.494 e. The Labute approximate surface area is 252 Å². The van der Waals surface area contributed by atoms with Crippen molar-refractivity contribution in [1.82, 2.24) is 9.13 Å². The molecule has 0 fully saturated rings. The number of aryl methyl sites for hydroxylation is 1. The number of hydrogen-bond acceptors (Lipinski definition) is 6. The van der Waals surface area contributed by atoms with Gasteiger partial charge in [-0.15, -0.1) is 0 Å². The van der Waals surface area contributed by atoms with E-state index >= 15 is 0 Å².